The lowest BCUT2D eigenvalue weighted by Crippen LogP contribution is -2.25. The van der Waals surface area contributed by atoms with Gasteiger partial charge in [0.1, 0.15) is 0 Å². The van der Waals surface area contributed by atoms with Crippen LogP contribution in [0.2, 0.25) is 0 Å². The SMILES string of the molecule is CN(C)C(=S)Oc1cccnc1N. The summed E-state index contributed by atoms with van der Waals surface area (Å²) < 4.78 is 5.28. The Morgan fingerprint density at radius 3 is 2.85 bits per heavy atom. The minimum absolute atomic E-state index is 0.340. The zero-order valence-electron chi connectivity index (χ0n) is 7.52. The average molecular weight is 197 g/mol. The summed E-state index contributed by atoms with van der Waals surface area (Å²) in [5.74, 6) is 0.827. The Hall–Kier alpha value is -1.36. The van der Waals surface area contributed by atoms with Gasteiger partial charge < -0.3 is 15.4 Å². The average Bonchev–Trinajstić information content (AvgIpc) is 2.08. The molecule has 5 heteroatoms. The number of aromatic nitrogens is 1. The summed E-state index contributed by atoms with van der Waals surface area (Å²) in [6.45, 7) is 0. The molecule has 1 aromatic rings. The summed E-state index contributed by atoms with van der Waals surface area (Å²) in [5.41, 5.74) is 5.55. The minimum atomic E-state index is 0.340. The lowest BCUT2D eigenvalue weighted by molar-refractivity contribution is 0.450. The highest BCUT2D eigenvalue weighted by Crippen LogP contribution is 2.17. The van der Waals surface area contributed by atoms with Crippen molar-refractivity contribution in [2.45, 2.75) is 0 Å². The summed E-state index contributed by atoms with van der Waals surface area (Å²) in [6.07, 6.45) is 1.60. The van der Waals surface area contributed by atoms with Crippen LogP contribution in [0.4, 0.5) is 5.82 Å². The Labute approximate surface area is 82.3 Å². The number of thiocarbonyl (C=S) groups is 1. The van der Waals surface area contributed by atoms with Gasteiger partial charge in [-0.2, -0.15) is 0 Å². The van der Waals surface area contributed by atoms with Crippen LogP contribution in [0, 0.1) is 0 Å². The number of ether oxygens (including phenoxy) is 1. The number of pyridine rings is 1. The van der Waals surface area contributed by atoms with Crippen molar-refractivity contribution in [3.63, 3.8) is 0 Å². The van der Waals surface area contributed by atoms with Crippen molar-refractivity contribution in [3.8, 4) is 5.75 Å². The molecule has 0 amide bonds. The van der Waals surface area contributed by atoms with Crippen LogP contribution in [0.5, 0.6) is 5.75 Å². The van der Waals surface area contributed by atoms with Gasteiger partial charge in [-0.05, 0) is 24.4 Å². The second-order valence-electron chi connectivity index (χ2n) is 2.65. The number of nitrogens with zero attached hydrogens (tertiary/aromatic N) is 2. The van der Waals surface area contributed by atoms with E-state index in [4.69, 9.17) is 22.7 Å². The standard InChI is InChI=1S/C8H11N3OS/c1-11(2)8(13)12-6-4-3-5-10-7(6)9/h3-5H,1-2H3,(H2,9,10). The van der Waals surface area contributed by atoms with E-state index in [0.717, 1.165) is 0 Å². The van der Waals surface area contributed by atoms with E-state index in [1.807, 2.05) is 0 Å². The van der Waals surface area contributed by atoms with Gasteiger partial charge in [-0.3, -0.25) is 0 Å². The van der Waals surface area contributed by atoms with Gasteiger partial charge in [-0.25, -0.2) is 4.98 Å². The molecule has 4 nitrogen and oxygen atoms in total. The fourth-order valence-corrected chi connectivity index (χ4v) is 0.764. The maximum atomic E-state index is 5.55. The van der Waals surface area contributed by atoms with Crippen molar-refractivity contribution >= 4 is 23.2 Å². The van der Waals surface area contributed by atoms with Crippen molar-refractivity contribution < 1.29 is 4.74 Å². The van der Waals surface area contributed by atoms with Gasteiger partial charge in [0.05, 0.1) is 0 Å². The summed E-state index contributed by atoms with van der Waals surface area (Å²) in [5, 5.41) is 0.361. The highest BCUT2D eigenvalue weighted by atomic mass is 32.1. The molecule has 0 bridgehead atoms. The summed E-state index contributed by atoms with van der Waals surface area (Å²) >= 11 is 4.94. The van der Waals surface area contributed by atoms with E-state index in [1.165, 1.54) is 0 Å². The van der Waals surface area contributed by atoms with E-state index < -0.39 is 0 Å². The van der Waals surface area contributed by atoms with Crippen LogP contribution in [0.3, 0.4) is 0 Å². The quantitative estimate of drug-likeness (QED) is 0.677. The van der Waals surface area contributed by atoms with Crippen LogP contribution in [0.15, 0.2) is 18.3 Å². The highest BCUT2D eigenvalue weighted by Gasteiger charge is 2.05. The number of anilines is 1. The van der Waals surface area contributed by atoms with Crippen LogP contribution in [-0.4, -0.2) is 29.2 Å². The van der Waals surface area contributed by atoms with Gasteiger partial charge in [0.25, 0.3) is 5.17 Å². The number of hydrogen-bond acceptors (Lipinski definition) is 4. The Morgan fingerprint density at radius 2 is 2.31 bits per heavy atom. The molecule has 1 aromatic heterocycles. The highest BCUT2D eigenvalue weighted by molar-refractivity contribution is 7.80. The molecule has 0 unspecified atom stereocenters. The van der Waals surface area contributed by atoms with Crippen molar-refractivity contribution in [1.82, 2.24) is 9.88 Å². The Kier molecular flexibility index (Phi) is 3.02. The van der Waals surface area contributed by atoms with Gasteiger partial charge in [0, 0.05) is 20.3 Å². The second-order valence-corrected chi connectivity index (χ2v) is 3.00. The Bertz CT molecular complexity index is 314. The number of hydrogen-bond donors (Lipinski definition) is 1. The van der Waals surface area contributed by atoms with E-state index in [-0.39, 0.29) is 0 Å². The van der Waals surface area contributed by atoms with Gasteiger partial charge in [0.15, 0.2) is 11.6 Å². The molecular formula is C8H11N3OS. The van der Waals surface area contributed by atoms with Gasteiger partial charge in [0.2, 0.25) is 0 Å². The third-order valence-electron chi connectivity index (χ3n) is 1.36. The zero-order chi connectivity index (χ0) is 9.84. The molecule has 0 spiro atoms. The van der Waals surface area contributed by atoms with E-state index in [1.54, 1.807) is 37.3 Å². The smallest absolute Gasteiger partial charge is 0.264 e. The van der Waals surface area contributed by atoms with Crippen LogP contribution in [0.1, 0.15) is 0 Å². The van der Waals surface area contributed by atoms with Crippen LogP contribution in [0.25, 0.3) is 0 Å². The van der Waals surface area contributed by atoms with Gasteiger partial charge in [-0.1, -0.05) is 0 Å². The first-order chi connectivity index (χ1) is 6.11. The first-order valence-electron chi connectivity index (χ1n) is 3.71. The van der Waals surface area contributed by atoms with Crippen molar-refractivity contribution in [2.75, 3.05) is 19.8 Å². The number of nitrogen functional groups attached to an aromatic ring is 1. The molecule has 1 heterocycles. The van der Waals surface area contributed by atoms with E-state index in [0.29, 0.717) is 16.7 Å². The van der Waals surface area contributed by atoms with Crippen molar-refractivity contribution in [3.05, 3.63) is 18.3 Å². The molecule has 0 atom stereocenters. The summed E-state index contributed by atoms with van der Waals surface area (Å²) in [7, 11) is 3.60. The van der Waals surface area contributed by atoms with E-state index in [2.05, 4.69) is 4.98 Å². The molecule has 0 radical (unpaired) electrons. The molecule has 0 saturated heterocycles. The molecule has 0 aromatic carbocycles. The van der Waals surface area contributed by atoms with Gasteiger partial charge >= 0.3 is 0 Å². The third kappa shape index (κ3) is 2.55. The van der Waals surface area contributed by atoms with Crippen molar-refractivity contribution in [1.29, 1.82) is 0 Å². The molecule has 1 rings (SSSR count). The van der Waals surface area contributed by atoms with Crippen LogP contribution >= 0.6 is 12.2 Å². The molecule has 0 fully saturated rings. The normalized spacial score (nSPS) is 9.38. The van der Waals surface area contributed by atoms with Crippen LogP contribution in [-0.2, 0) is 0 Å². The van der Waals surface area contributed by atoms with E-state index in [9.17, 15) is 0 Å². The Balaban J connectivity index is 2.75. The summed E-state index contributed by atoms with van der Waals surface area (Å²) in [6, 6.07) is 3.46. The predicted octanol–water partition coefficient (Wildman–Crippen LogP) is 0.889. The molecule has 0 aliphatic heterocycles. The molecule has 70 valence electrons. The van der Waals surface area contributed by atoms with Crippen molar-refractivity contribution in [2.24, 2.45) is 0 Å². The fraction of sp³-hybridized carbons (Fsp3) is 0.250. The number of rotatable bonds is 1. The maximum Gasteiger partial charge on any atom is 0.264 e. The fourth-order valence-electron chi connectivity index (χ4n) is 0.674. The third-order valence-corrected chi connectivity index (χ3v) is 1.81. The first kappa shape index (κ1) is 9.73. The monoisotopic (exact) mass is 197 g/mol. The predicted molar refractivity (Wildman–Crippen MR) is 55.6 cm³/mol. The maximum absolute atomic E-state index is 5.55. The first-order valence-corrected chi connectivity index (χ1v) is 4.11. The molecule has 0 saturated carbocycles. The lowest BCUT2D eigenvalue weighted by Gasteiger charge is -2.14. The van der Waals surface area contributed by atoms with Gasteiger partial charge in [-0.15, -0.1) is 0 Å². The second kappa shape index (κ2) is 4.04. The summed E-state index contributed by atoms with van der Waals surface area (Å²) in [4.78, 5) is 5.55. The lowest BCUT2D eigenvalue weighted by atomic mass is 10.4. The zero-order valence-corrected chi connectivity index (χ0v) is 8.34. The largest absolute Gasteiger partial charge is 0.428 e. The minimum Gasteiger partial charge on any atom is -0.428 e. The molecular weight excluding hydrogens is 186 g/mol. The molecule has 0 aliphatic carbocycles. The molecule has 0 aliphatic rings. The number of nitrogens with two attached hydrogens (primary N) is 1. The molecule has 2 N–H and O–H groups in total. The Morgan fingerprint density at radius 1 is 1.62 bits per heavy atom. The molecule has 13 heavy (non-hydrogen) atoms. The topological polar surface area (TPSA) is 51.4 Å². The van der Waals surface area contributed by atoms with Crippen LogP contribution < -0.4 is 10.5 Å². The van der Waals surface area contributed by atoms with E-state index >= 15 is 0 Å².